The van der Waals surface area contributed by atoms with E-state index in [1.807, 2.05) is 59.3 Å². The first-order valence-corrected chi connectivity index (χ1v) is 19.2. The van der Waals surface area contributed by atoms with Crippen molar-refractivity contribution in [1.82, 2.24) is 24.0 Å². The number of carbonyl (C=O) groups is 2. The first-order valence-electron chi connectivity index (χ1n) is 18.4. The van der Waals surface area contributed by atoms with Crippen LogP contribution < -0.4 is 16.0 Å². The number of piperidine rings is 1. The van der Waals surface area contributed by atoms with Crippen molar-refractivity contribution in [2.45, 2.75) is 45.7 Å². The van der Waals surface area contributed by atoms with Gasteiger partial charge in [-0.05, 0) is 108 Å². The van der Waals surface area contributed by atoms with Gasteiger partial charge in [-0.25, -0.2) is 4.98 Å². The highest BCUT2D eigenvalue weighted by Crippen LogP contribution is 2.32. The smallest absolute Gasteiger partial charge is 0.248 e. The summed E-state index contributed by atoms with van der Waals surface area (Å²) in [6.07, 6.45) is 4.04. The van der Waals surface area contributed by atoms with Gasteiger partial charge in [-0.3, -0.25) is 14.3 Å². The van der Waals surface area contributed by atoms with Gasteiger partial charge in [0.2, 0.25) is 11.8 Å². The Bertz CT molecular complexity index is 2340. The number of carbonyl (C=O) groups excluding carboxylic acids is 2. The highest BCUT2D eigenvalue weighted by atomic mass is 32.1. The van der Waals surface area contributed by atoms with Gasteiger partial charge in [0.25, 0.3) is 0 Å². The summed E-state index contributed by atoms with van der Waals surface area (Å²) in [5, 5.41) is 24.7. The Balaban J connectivity index is 1.02. The normalized spacial score (nSPS) is 15.9. The number of para-hydroxylation sites is 1. The maximum atomic E-state index is 13.4. The number of fused-ring (bicyclic) bond motifs is 2. The Labute approximate surface area is 318 Å². The minimum atomic E-state index is -0.401. The monoisotopic (exact) mass is 735 g/mol. The Hall–Kier alpha value is -5.90. The van der Waals surface area contributed by atoms with Gasteiger partial charge in [0.15, 0.2) is 5.82 Å². The number of rotatable bonds is 10. The predicted octanol–water partition coefficient (Wildman–Crippen LogP) is 7.42. The number of pyridine rings is 1. The molecule has 54 heavy (non-hydrogen) atoms. The Morgan fingerprint density at radius 1 is 0.926 bits per heavy atom. The minimum Gasteiger partial charge on any atom is -0.373 e. The number of hydrogen-bond donors (Lipinski definition) is 3. The van der Waals surface area contributed by atoms with Crippen LogP contribution in [-0.2, 0) is 22.6 Å². The molecule has 0 bridgehead atoms. The number of nitriles is 1. The minimum absolute atomic E-state index is 0.0172. The summed E-state index contributed by atoms with van der Waals surface area (Å²) in [6.45, 7) is 7.76. The third-order valence-corrected chi connectivity index (χ3v) is 11.1. The first kappa shape index (κ1) is 35.1. The quantitative estimate of drug-likeness (QED) is 0.132. The molecule has 1 fully saturated rings. The van der Waals surface area contributed by atoms with E-state index in [9.17, 15) is 14.9 Å². The van der Waals surface area contributed by atoms with Gasteiger partial charge in [0.05, 0.1) is 34.3 Å². The van der Waals surface area contributed by atoms with E-state index in [4.69, 9.17) is 9.47 Å². The number of aromatic nitrogens is 4. The van der Waals surface area contributed by atoms with Crippen LogP contribution in [0.15, 0.2) is 91.1 Å². The van der Waals surface area contributed by atoms with Gasteiger partial charge in [-0.15, -0.1) is 0 Å². The van der Waals surface area contributed by atoms with E-state index in [1.54, 1.807) is 18.3 Å². The molecule has 0 aliphatic carbocycles. The third kappa shape index (κ3) is 7.60. The summed E-state index contributed by atoms with van der Waals surface area (Å²) in [5.41, 5.74) is 7.05. The molecule has 272 valence electrons. The van der Waals surface area contributed by atoms with Crippen molar-refractivity contribution in [3.8, 4) is 28.5 Å². The lowest BCUT2D eigenvalue weighted by atomic mass is 9.95. The molecule has 1 atom stereocenters. The van der Waals surface area contributed by atoms with Crippen molar-refractivity contribution in [1.29, 1.82) is 5.26 Å². The maximum absolute atomic E-state index is 13.4. The fourth-order valence-electron chi connectivity index (χ4n) is 7.44. The average Bonchev–Trinajstić information content (AvgIpc) is 3.92. The zero-order valence-electron chi connectivity index (χ0n) is 30.3. The van der Waals surface area contributed by atoms with Gasteiger partial charge in [0.1, 0.15) is 11.9 Å². The van der Waals surface area contributed by atoms with E-state index in [0.717, 1.165) is 81.9 Å². The van der Waals surface area contributed by atoms with Crippen molar-refractivity contribution in [3.05, 3.63) is 108 Å². The van der Waals surface area contributed by atoms with E-state index in [-0.39, 0.29) is 17.7 Å². The highest BCUT2D eigenvalue weighted by molar-refractivity contribution is 7.13. The molecule has 0 radical (unpaired) electrons. The van der Waals surface area contributed by atoms with Crippen LogP contribution in [-0.4, -0.2) is 61.5 Å². The molecule has 0 saturated carbocycles. The van der Waals surface area contributed by atoms with Crippen molar-refractivity contribution in [3.63, 3.8) is 0 Å². The van der Waals surface area contributed by atoms with E-state index in [1.165, 1.54) is 11.5 Å². The van der Waals surface area contributed by atoms with Crippen LogP contribution in [0.2, 0.25) is 0 Å². The Kier molecular flexibility index (Phi) is 9.91. The number of hydrogen-bond acceptors (Lipinski definition) is 9. The maximum Gasteiger partial charge on any atom is 0.248 e. The molecule has 0 spiro atoms. The summed E-state index contributed by atoms with van der Waals surface area (Å²) < 4.78 is 7.73. The zero-order chi connectivity index (χ0) is 37.2. The lowest BCUT2D eigenvalue weighted by molar-refractivity contribution is -0.121. The zero-order valence-corrected chi connectivity index (χ0v) is 31.1. The van der Waals surface area contributed by atoms with Gasteiger partial charge >= 0.3 is 0 Å². The predicted molar refractivity (Wildman–Crippen MR) is 213 cm³/mol. The molecule has 6 aromatic rings. The van der Waals surface area contributed by atoms with Crippen LogP contribution in [0.4, 0.5) is 17.3 Å². The highest BCUT2D eigenvalue weighted by Gasteiger charge is 2.28. The second kappa shape index (κ2) is 15.2. The number of anilines is 3. The second-order valence-corrected chi connectivity index (χ2v) is 15.3. The topological polar surface area (TPSA) is 141 Å². The molecule has 3 aromatic carbocycles. The molecular formula is C42H41N9O2S. The molecule has 1 saturated heterocycles. The second-order valence-electron chi connectivity index (χ2n) is 14.5. The number of nitrogens with one attached hydrogen (secondary N) is 3. The Morgan fingerprint density at radius 3 is 2.46 bits per heavy atom. The van der Waals surface area contributed by atoms with Crippen molar-refractivity contribution < 1.29 is 9.59 Å². The fourth-order valence-corrected chi connectivity index (χ4v) is 8.21. The molecule has 2 amide bonds. The van der Waals surface area contributed by atoms with E-state index in [0.29, 0.717) is 36.1 Å². The summed E-state index contributed by atoms with van der Waals surface area (Å²) in [4.78, 5) is 33.5. The van der Waals surface area contributed by atoms with Gasteiger partial charge in [-0.2, -0.15) is 14.7 Å². The van der Waals surface area contributed by atoms with Crippen molar-refractivity contribution in [2.24, 2.45) is 11.8 Å². The van der Waals surface area contributed by atoms with Gasteiger partial charge < -0.3 is 20.9 Å². The van der Waals surface area contributed by atoms with Crippen LogP contribution >= 0.6 is 11.5 Å². The number of nitrogens with zero attached hydrogens (tertiary/aromatic N) is 6. The molecule has 3 aromatic heterocycles. The molecule has 11 nitrogen and oxygen atoms in total. The van der Waals surface area contributed by atoms with Crippen molar-refractivity contribution >= 4 is 50.8 Å². The lowest BCUT2D eigenvalue weighted by Crippen LogP contribution is -2.39. The molecule has 3 N–H and O–H groups in total. The van der Waals surface area contributed by atoms with Crippen LogP contribution in [0.5, 0.6) is 0 Å². The summed E-state index contributed by atoms with van der Waals surface area (Å²) in [7, 11) is 0. The molecule has 1 unspecified atom stereocenters. The summed E-state index contributed by atoms with van der Waals surface area (Å²) >= 11 is 1.42. The fraction of sp³-hybridized carbons (Fsp3) is 0.286. The van der Waals surface area contributed by atoms with Crippen LogP contribution in [0.1, 0.15) is 43.5 Å². The molecule has 2 aliphatic rings. The van der Waals surface area contributed by atoms with E-state index < -0.39 is 6.04 Å². The van der Waals surface area contributed by atoms with E-state index in [2.05, 4.69) is 64.0 Å². The lowest BCUT2D eigenvalue weighted by Gasteiger charge is -2.32. The van der Waals surface area contributed by atoms with Crippen LogP contribution in [0.25, 0.3) is 32.5 Å². The van der Waals surface area contributed by atoms with Crippen molar-refractivity contribution in [2.75, 3.05) is 35.6 Å². The number of benzene rings is 3. The first-order chi connectivity index (χ1) is 26.3. The number of likely N-dealkylation sites (tertiary alicyclic amines) is 1. The SMILES string of the molecule is CC(C)CN1CCC(C(=O)Nc2cc(-c3ccc4snc(Cn5nc(NC(=O)C6Cc7ccccc7N6)cc5-c5ccc(C#N)cc5)c4c3)ccn2)CC1. The van der Waals surface area contributed by atoms with Crippen LogP contribution in [0, 0.1) is 23.2 Å². The molecule has 5 heterocycles. The third-order valence-electron chi connectivity index (χ3n) is 10.2. The molecular weight excluding hydrogens is 695 g/mol. The largest absolute Gasteiger partial charge is 0.373 e. The molecule has 12 heteroatoms. The molecule has 2 aliphatic heterocycles. The standard InChI is InChI=1S/C42H41N9O2S/c1-26(2)24-50-17-14-29(15-18-50)41(52)46-39-21-31(13-16-44-39)30-11-12-38-33(19-30)36(49-54-38)25-51-37(28-9-7-27(23-43)8-10-28)22-40(48-51)47-42(53)35-20-32-5-3-4-6-34(32)45-35/h3-13,16,19,21-22,26,29,35,45H,14-15,17-18,20,24-25H2,1-2H3,(H,44,46,52)(H,47,48,53). The number of amides is 2. The summed E-state index contributed by atoms with van der Waals surface area (Å²) in [6, 6.07) is 29.0. The average molecular weight is 736 g/mol. The summed E-state index contributed by atoms with van der Waals surface area (Å²) in [5.74, 6) is 1.44. The molecule has 8 rings (SSSR count). The van der Waals surface area contributed by atoms with Gasteiger partial charge in [-0.1, -0.05) is 50.2 Å². The Morgan fingerprint density at radius 2 is 1.69 bits per heavy atom. The van der Waals surface area contributed by atoms with Gasteiger partial charge in [0, 0.05) is 42.2 Å². The van der Waals surface area contributed by atoms with E-state index >= 15 is 0 Å². The van der Waals surface area contributed by atoms with Crippen LogP contribution in [0.3, 0.4) is 0 Å².